The number of thioether (sulfide) groups is 1. The van der Waals surface area contributed by atoms with Crippen molar-refractivity contribution in [1.29, 1.82) is 0 Å². The normalized spacial score (nSPS) is 17.7. The number of carboxylic acids is 1. The lowest BCUT2D eigenvalue weighted by molar-refractivity contribution is -0.126. The Balaban J connectivity index is 1.48. The molecule has 1 saturated heterocycles. The average Bonchev–Trinajstić information content (AvgIpc) is 3.31. The first-order valence-electron chi connectivity index (χ1n) is 11.6. The number of aromatic carboxylic acids is 1. The zero-order valence-electron chi connectivity index (χ0n) is 20.3. The number of amides is 2. The lowest BCUT2D eigenvalue weighted by Gasteiger charge is -2.23. The Hall–Kier alpha value is -3.74. The Morgan fingerprint density at radius 3 is 2.34 bits per heavy atom. The Morgan fingerprint density at radius 1 is 1.00 bits per heavy atom. The van der Waals surface area contributed by atoms with Crippen molar-refractivity contribution in [2.75, 3.05) is 18.4 Å². The number of hydrogen-bond acceptors (Lipinski definition) is 7. The van der Waals surface area contributed by atoms with Gasteiger partial charge in [-0.05, 0) is 53.6 Å². The SMILES string of the molecule is CC(=O)SC1CC(C(=O)NCC(=O)Nc2ccc(C(=O)O)cc2)N(S(=O)(=O)c2ccc3ccccc3c2)C1. The molecule has 38 heavy (non-hydrogen) atoms. The first-order valence-corrected chi connectivity index (χ1v) is 14.0. The highest BCUT2D eigenvalue weighted by Crippen LogP contribution is 2.33. The third-order valence-corrected chi connectivity index (χ3v) is 8.90. The van der Waals surface area contributed by atoms with Crippen molar-refractivity contribution in [2.24, 2.45) is 0 Å². The zero-order chi connectivity index (χ0) is 27.4. The molecule has 12 heteroatoms. The summed E-state index contributed by atoms with van der Waals surface area (Å²) in [5.74, 6) is -2.33. The van der Waals surface area contributed by atoms with Crippen LogP contribution in [-0.2, 0) is 24.4 Å². The molecule has 4 rings (SSSR count). The predicted octanol–water partition coefficient (Wildman–Crippen LogP) is 2.70. The van der Waals surface area contributed by atoms with Crippen molar-refractivity contribution in [3.05, 3.63) is 72.3 Å². The van der Waals surface area contributed by atoms with E-state index in [9.17, 15) is 27.6 Å². The second kappa shape index (κ2) is 11.3. The summed E-state index contributed by atoms with van der Waals surface area (Å²) in [6.07, 6.45) is 0.112. The van der Waals surface area contributed by atoms with E-state index in [0.717, 1.165) is 26.8 Å². The van der Waals surface area contributed by atoms with Crippen LogP contribution in [0.3, 0.4) is 0 Å². The Bertz CT molecular complexity index is 1510. The molecule has 198 valence electrons. The van der Waals surface area contributed by atoms with E-state index in [4.69, 9.17) is 5.11 Å². The molecule has 1 aliphatic heterocycles. The molecular weight excluding hydrogens is 530 g/mol. The highest BCUT2D eigenvalue weighted by molar-refractivity contribution is 8.14. The van der Waals surface area contributed by atoms with Gasteiger partial charge in [0, 0.05) is 24.4 Å². The minimum absolute atomic E-state index is 0.0282. The minimum atomic E-state index is -4.09. The molecule has 3 aromatic carbocycles. The van der Waals surface area contributed by atoms with E-state index >= 15 is 0 Å². The number of carboxylic acid groups (broad SMARTS) is 1. The van der Waals surface area contributed by atoms with Gasteiger partial charge in [-0.2, -0.15) is 4.31 Å². The fraction of sp³-hybridized carbons (Fsp3) is 0.231. The van der Waals surface area contributed by atoms with E-state index in [0.29, 0.717) is 5.69 Å². The smallest absolute Gasteiger partial charge is 0.335 e. The topological polar surface area (TPSA) is 150 Å². The number of benzene rings is 3. The number of sulfonamides is 1. The Morgan fingerprint density at radius 2 is 1.68 bits per heavy atom. The molecule has 1 aliphatic rings. The standard InChI is InChI=1S/C26H25N3O7S2/c1-16(30)37-21-13-23(25(32)27-14-24(31)28-20-9-6-18(7-10-20)26(33)34)29(15-21)38(35,36)22-11-8-17-4-2-3-5-19(17)12-22/h2-12,21,23H,13-15H2,1H3,(H,27,32)(H,28,31)(H,33,34). The van der Waals surface area contributed by atoms with Gasteiger partial charge in [0.05, 0.1) is 17.0 Å². The maximum absolute atomic E-state index is 13.6. The summed E-state index contributed by atoms with van der Waals surface area (Å²) in [4.78, 5) is 48.2. The Kier molecular flexibility index (Phi) is 8.14. The molecule has 0 aromatic heterocycles. The maximum Gasteiger partial charge on any atom is 0.335 e. The summed E-state index contributed by atoms with van der Waals surface area (Å²) in [5.41, 5.74) is 0.400. The highest BCUT2D eigenvalue weighted by Gasteiger charge is 2.44. The zero-order valence-corrected chi connectivity index (χ0v) is 21.9. The second-order valence-corrected chi connectivity index (χ2v) is 12.1. The molecular formula is C26H25N3O7S2. The maximum atomic E-state index is 13.6. The van der Waals surface area contributed by atoms with Crippen LogP contribution in [-0.4, -0.2) is 65.1 Å². The lowest BCUT2D eigenvalue weighted by atomic mass is 10.1. The van der Waals surface area contributed by atoms with E-state index in [-0.39, 0.29) is 28.5 Å². The van der Waals surface area contributed by atoms with Crippen molar-refractivity contribution in [2.45, 2.75) is 29.5 Å². The van der Waals surface area contributed by atoms with Gasteiger partial charge in [-0.15, -0.1) is 0 Å². The number of carbonyl (C=O) groups excluding carboxylic acids is 3. The molecule has 1 fully saturated rings. The van der Waals surface area contributed by atoms with Gasteiger partial charge >= 0.3 is 5.97 Å². The van der Waals surface area contributed by atoms with Gasteiger partial charge in [-0.3, -0.25) is 14.4 Å². The molecule has 3 N–H and O–H groups in total. The molecule has 0 saturated carbocycles. The first-order chi connectivity index (χ1) is 18.0. The third-order valence-electron chi connectivity index (χ3n) is 6.02. The lowest BCUT2D eigenvalue weighted by Crippen LogP contribution is -2.47. The second-order valence-electron chi connectivity index (χ2n) is 8.72. The summed E-state index contributed by atoms with van der Waals surface area (Å²) in [7, 11) is -4.09. The van der Waals surface area contributed by atoms with Crippen LogP contribution in [0.15, 0.2) is 71.6 Å². The number of hydrogen-bond donors (Lipinski definition) is 3. The summed E-state index contributed by atoms with van der Waals surface area (Å²) in [6.45, 7) is 0.928. The third kappa shape index (κ3) is 6.21. The average molecular weight is 556 g/mol. The van der Waals surface area contributed by atoms with Crippen LogP contribution in [0.5, 0.6) is 0 Å². The van der Waals surface area contributed by atoms with Crippen LogP contribution in [0, 0.1) is 0 Å². The molecule has 2 atom stereocenters. The number of fused-ring (bicyclic) bond motifs is 1. The number of anilines is 1. The van der Waals surface area contributed by atoms with Crippen molar-refractivity contribution >= 4 is 61.1 Å². The summed E-state index contributed by atoms with van der Waals surface area (Å²) >= 11 is 0.984. The quantitative estimate of drug-likeness (QED) is 0.384. The molecule has 0 spiro atoms. The van der Waals surface area contributed by atoms with Crippen LogP contribution >= 0.6 is 11.8 Å². The molecule has 0 radical (unpaired) electrons. The highest BCUT2D eigenvalue weighted by atomic mass is 32.2. The van der Waals surface area contributed by atoms with E-state index in [1.807, 2.05) is 12.1 Å². The van der Waals surface area contributed by atoms with Gasteiger partial charge in [0.25, 0.3) is 0 Å². The summed E-state index contributed by atoms with van der Waals surface area (Å²) in [6, 6.07) is 16.4. The van der Waals surface area contributed by atoms with Crippen molar-refractivity contribution in [1.82, 2.24) is 9.62 Å². The molecule has 2 unspecified atom stereocenters. The van der Waals surface area contributed by atoms with Crippen LogP contribution in [0.4, 0.5) is 5.69 Å². The van der Waals surface area contributed by atoms with E-state index in [1.165, 1.54) is 37.3 Å². The van der Waals surface area contributed by atoms with Gasteiger partial charge in [0.2, 0.25) is 21.8 Å². The Labute approximate surface area is 223 Å². The number of carbonyl (C=O) groups is 4. The van der Waals surface area contributed by atoms with Crippen LogP contribution in [0.1, 0.15) is 23.7 Å². The van der Waals surface area contributed by atoms with Gasteiger partial charge < -0.3 is 15.7 Å². The molecule has 0 bridgehead atoms. The monoisotopic (exact) mass is 555 g/mol. The largest absolute Gasteiger partial charge is 0.478 e. The van der Waals surface area contributed by atoms with Gasteiger partial charge in [-0.25, -0.2) is 13.2 Å². The fourth-order valence-electron chi connectivity index (χ4n) is 4.24. The predicted molar refractivity (Wildman–Crippen MR) is 143 cm³/mol. The van der Waals surface area contributed by atoms with E-state index in [2.05, 4.69) is 10.6 Å². The number of nitrogens with one attached hydrogen (secondary N) is 2. The molecule has 2 amide bonds. The van der Waals surface area contributed by atoms with Crippen LogP contribution in [0.25, 0.3) is 10.8 Å². The molecule has 0 aliphatic carbocycles. The molecule has 10 nitrogen and oxygen atoms in total. The summed E-state index contributed by atoms with van der Waals surface area (Å²) < 4.78 is 28.3. The van der Waals surface area contributed by atoms with Gasteiger partial charge in [0.1, 0.15) is 6.04 Å². The van der Waals surface area contributed by atoms with E-state index < -0.39 is 45.6 Å². The fourth-order valence-corrected chi connectivity index (χ4v) is 7.00. The van der Waals surface area contributed by atoms with Gasteiger partial charge in [-0.1, -0.05) is 42.1 Å². The summed E-state index contributed by atoms with van der Waals surface area (Å²) in [5, 5.41) is 15.0. The number of nitrogens with zero attached hydrogens (tertiary/aromatic N) is 1. The van der Waals surface area contributed by atoms with Crippen molar-refractivity contribution < 1.29 is 32.7 Å². The van der Waals surface area contributed by atoms with Crippen molar-refractivity contribution in [3.8, 4) is 0 Å². The minimum Gasteiger partial charge on any atom is -0.478 e. The van der Waals surface area contributed by atoms with Crippen LogP contribution < -0.4 is 10.6 Å². The number of rotatable bonds is 8. The molecule has 1 heterocycles. The van der Waals surface area contributed by atoms with Gasteiger partial charge in [0.15, 0.2) is 5.12 Å². The van der Waals surface area contributed by atoms with E-state index in [1.54, 1.807) is 24.3 Å². The van der Waals surface area contributed by atoms with Crippen molar-refractivity contribution in [3.63, 3.8) is 0 Å². The van der Waals surface area contributed by atoms with Crippen LogP contribution in [0.2, 0.25) is 0 Å². The molecule has 3 aromatic rings. The first kappa shape index (κ1) is 27.3.